The molecule has 3 atom stereocenters. The molecule has 0 bridgehead atoms. The smallest absolute Gasteiger partial charge is 0.300 e. The summed E-state index contributed by atoms with van der Waals surface area (Å²) in [7, 11) is 1.62. The van der Waals surface area contributed by atoms with Crippen LogP contribution in [0.1, 0.15) is 50.4 Å². The van der Waals surface area contributed by atoms with Crippen LogP contribution in [0.15, 0.2) is 36.9 Å². The molecule has 0 aliphatic heterocycles. The minimum absolute atomic E-state index is 0.0554. The monoisotopic (exact) mass is 445 g/mol. The standard InChI is InChI=1S/C20H27N5O3.C2H4O2/c1-13(2)23-19(26)14-8-9-16(18(10-14)28-3)24-20(27)15-6-4-5-7-17(15)25-11-21-22-12-25;1-2(3)4/h4-7,11-14,16,18H,8-10H2,1-3H3,(H,23,26)(H,24,27);1H3,(H,3,4)/t14-,16-,18-;/m0./s1. The van der Waals surface area contributed by atoms with E-state index in [0.29, 0.717) is 24.1 Å². The van der Waals surface area contributed by atoms with E-state index >= 15 is 0 Å². The van der Waals surface area contributed by atoms with E-state index in [1.165, 1.54) is 0 Å². The van der Waals surface area contributed by atoms with Gasteiger partial charge in [-0.15, -0.1) is 10.2 Å². The number of para-hydroxylation sites is 1. The third-order valence-corrected chi connectivity index (χ3v) is 5.06. The highest BCUT2D eigenvalue weighted by Crippen LogP contribution is 2.27. The van der Waals surface area contributed by atoms with Crippen molar-refractivity contribution < 1.29 is 24.2 Å². The minimum Gasteiger partial charge on any atom is -0.481 e. The van der Waals surface area contributed by atoms with Crippen LogP contribution in [0.3, 0.4) is 0 Å². The average Bonchev–Trinajstić information content (AvgIpc) is 3.28. The first-order valence-corrected chi connectivity index (χ1v) is 10.5. The molecule has 2 amide bonds. The summed E-state index contributed by atoms with van der Waals surface area (Å²) in [4.78, 5) is 34.3. The number of aliphatic carboxylic acids is 1. The molecule has 1 saturated carbocycles. The molecule has 1 aromatic heterocycles. The zero-order chi connectivity index (χ0) is 23.7. The van der Waals surface area contributed by atoms with Gasteiger partial charge in [0, 0.05) is 26.0 Å². The lowest BCUT2D eigenvalue weighted by atomic mass is 9.83. The molecule has 10 nitrogen and oxygen atoms in total. The maximum absolute atomic E-state index is 13.0. The summed E-state index contributed by atoms with van der Waals surface area (Å²) in [5.41, 5.74) is 1.25. The number of methoxy groups -OCH3 is 1. The van der Waals surface area contributed by atoms with Crippen molar-refractivity contribution in [2.24, 2.45) is 5.92 Å². The molecule has 32 heavy (non-hydrogen) atoms. The number of hydrogen-bond donors (Lipinski definition) is 3. The number of carboxylic acid groups (broad SMARTS) is 1. The number of carboxylic acids is 1. The van der Waals surface area contributed by atoms with E-state index in [-0.39, 0.29) is 35.9 Å². The molecule has 1 aromatic carbocycles. The lowest BCUT2D eigenvalue weighted by Crippen LogP contribution is -2.50. The van der Waals surface area contributed by atoms with E-state index < -0.39 is 5.97 Å². The summed E-state index contributed by atoms with van der Waals surface area (Å²) in [6.07, 6.45) is 4.91. The Hall–Kier alpha value is -3.27. The van der Waals surface area contributed by atoms with Crippen LogP contribution >= 0.6 is 0 Å². The molecule has 1 aliphatic carbocycles. The first-order chi connectivity index (χ1) is 15.2. The van der Waals surface area contributed by atoms with Crippen LogP contribution in [0.2, 0.25) is 0 Å². The SMILES string of the molecule is CC(=O)O.CO[C@H]1C[C@@H](C(=O)NC(C)C)CC[C@@H]1NC(=O)c1ccccc1-n1cnnc1. The fourth-order valence-corrected chi connectivity index (χ4v) is 3.66. The van der Waals surface area contributed by atoms with Crippen molar-refractivity contribution >= 4 is 17.8 Å². The second-order valence-corrected chi connectivity index (χ2v) is 7.93. The normalized spacial score (nSPS) is 20.1. The highest BCUT2D eigenvalue weighted by molar-refractivity contribution is 5.98. The van der Waals surface area contributed by atoms with Gasteiger partial charge in [0.25, 0.3) is 11.9 Å². The Kier molecular flexibility index (Phi) is 9.33. The highest BCUT2D eigenvalue weighted by Gasteiger charge is 2.35. The van der Waals surface area contributed by atoms with Gasteiger partial charge in [-0.25, -0.2) is 0 Å². The van der Waals surface area contributed by atoms with Gasteiger partial charge in [-0.1, -0.05) is 12.1 Å². The van der Waals surface area contributed by atoms with E-state index in [9.17, 15) is 9.59 Å². The number of hydrogen-bond acceptors (Lipinski definition) is 6. The van der Waals surface area contributed by atoms with Crippen LogP contribution in [0.5, 0.6) is 0 Å². The molecule has 0 unspecified atom stereocenters. The predicted molar refractivity (Wildman–Crippen MR) is 117 cm³/mol. The molecule has 0 saturated heterocycles. The van der Waals surface area contributed by atoms with Gasteiger partial charge in [-0.3, -0.25) is 19.0 Å². The van der Waals surface area contributed by atoms with Gasteiger partial charge in [0.2, 0.25) is 5.91 Å². The molecule has 0 spiro atoms. The van der Waals surface area contributed by atoms with Gasteiger partial charge in [0.05, 0.1) is 23.4 Å². The van der Waals surface area contributed by atoms with Crippen molar-refractivity contribution in [1.82, 2.24) is 25.4 Å². The first kappa shape index (κ1) is 25.0. The summed E-state index contributed by atoms with van der Waals surface area (Å²) in [5, 5.41) is 21.1. The number of nitrogens with zero attached hydrogens (tertiary/aromatic N) is 3. The molecule has 1 aliphatic rings. The van der Waals surface area contributed by atoms with Crippen LogP contribution in [-0.4, -0.2) is 63.0 Å². The molecule has 2 aromatic rings. The van der Waals surface area contributed by atoms with Crippen LogP contribution in [-0.2, 0) is 14.3 Å². The summed E-state index contributed by atoms with van der Waals surface area (Å²) in [5.74, 6) is -1.05. The largest absolute Gasteiger partial charge is 0.481 e. The van der Waals surface area contributed by atoms with Crippen molar-refractivity contribution in [3.63, 3.8) is 0 Å². The average molecular weight is 446 g/mol. The number of ether oxygens (including phenoxy) is 1. The Morgan fingerprint density at radius 2 is 1.78 bits per heavy atom. The Morgan fingerprint density at radius 3 is 2.38 bits per heavy atom. The third kappa shape index (κ3) is 7.16. The van der Waals surface area contributed by atoms with E-state index in [4.69, 9.17) is 14.6 Å². The maximum Gasteiger partial charge on any atom is 0.300 e. The first-order valence-electron chi connectivity index (χ1n) is 10.5. The van der Waals surface area contributed by atoms with Crippen molar-refractivity contribution in [2.45, 2.75) is 58.2 Å². The van der Waals surface area contributed by atoms with Crippen molar-refractivity contribution in [1.29, 1.82) is 0 Å². The van der Waals surface area contributed by atoms with E-state index in [2.05, 4.69) is 20.8 Å². The minimum atomic E-state index is -0.833. The molecule has 1 heterocycles. The van der Waals surface area contributed by atoms with Crippen LogP contribution in [0.25, 0.3) is 5.69 Å². The van der Waals surface area contributed by atoms with Gasteiger partial charge in [0.1, 0.15) is 12.7 Å². The molecule has 10 heteroatoms. The van der Waals surface area contributed by atoms with Gasteiger partial charge in [-0.05, 0) is 45.2 Å². The van der Waals surface area contributed by atoms with Gasteiger partial charge < -0.3 is 20.5 Å². The molecule has 174 valence electrons. The lowest BCUT2D eigenvalue weighted by Gasteiger charge is -2.35. The van der Waals surface area contributed by atoms with E-state index in [1.807, 2.05) is 32.0 Å². The van der Waals surface area contributed by atoms with Crippen LogP contribution in [0, 0.1) is 5.92 Å². The summed E-state index contributed by atoms with van der Waals surface area (Å²) < 4.78 is 7.31. The van der Waals surface area contributed by atoms with E-state index in [0.717, 1.165) is 13.3 Å². The fourth-order valence-electron chi connectivity index (χ4n) is 3.66. The Labute approximate surface area is 187 Å². The molecule has 3 N–H and O–H groups in total. The lowest BCUT2D eigenvalue weighted by molar-refractivity contribution is -0.134. The summed E-state index contributed by atoms with van der Waals surface area (Å²) in [6, 6.07) is 7.27. The molecular weight excluding hydrogens is 414 g/mol. The summed E-state index contributed by atoms with van der Waals surface area (Å²) >= 11 is 0. The predicted octanol–water partition coefficient (Wildman–Crippen LogP) is 1.80. The molecule has 3 rings (SSSR count). The number of nitrogens with one attached hydrogen (secondary N) is 2. The number of aromatic nitrogens is 3. The zero-order valence-corrected chi connectivity index (χ0v) is 18.8. The second kappa shape index (κ2) is 11.9. The van der Waals surface area contributed by atoms with Crippen molar-refractivity contribution in [2.75, 3.05) is 7.11 Å². The number of benzene rings is 1. The quantitative estimate of drug-likeness (QED) is 0.617. The Balaban J connectivity index is 0.000000837. The third-order valence-electron chi connectivity index (χ3n) is 5.06. The topological polar surface area (TPSA) is 135 Å². The van der Waals surface area contributed by atoms with Gasteiger partial charge in [-0.2, -0.15) is 0 Å². The number of carbonyl (C=O) groups excluding carboxylic acids is 2. The molecular formula is C22H31N5O5. The van der Waals surface area contributed by atoms with Crippen molar-refractivity contribution in [3.8, 4) is 5.69 Å². The van der Waals surface area contributed by atoms with Crippen LogP contribution in [0.4, 0.5) is 0 Å². The Morgan fingerprint density at radius 1 is 1.16 bits per heavy atom. The Bertz CT molecular complexity index is 896. The molecule has 0 radical (unpaired) electrons. The molecule has 1 fully saturated rings. The van der Waals surface area contributed by atoms with Gasteiger partial charge in [0.15, 0.2) is 0 Å². The van der Waals surface area contributed by atoms with Crippen LogP contribution < -0.4 is 10.6 Å². The number of rotatable bonds is 6. The number of amides is 2. The summed E-state index contributed by atoms with van der Waals surface area (Å²) in [6.45, 7) is 4.98. The zero-order valence-electron chi connectivity index (χ0n) is 18.8. The van der Waals surface area contributed by atoms with E-state index in [1.54, 1.807) is 30.4 Å². The fraction of sp³-hybridized carbons (Fsp3) is 0.500. The van der Waals surface area contributed by atoms with Gasteiger partial charge >= 0.3 is 0 Å². The number of carbonyl (C=O) groups is 3. The highest BCUT2D eigenvalue weighted by atomic mass is 16.5. The van der Waals surface area contributed by atoms with Crippen molar-refractivity contribution in [3.05, 3.63) is 42.5 Å². The maximum atomic E-state index is 13.0. The second-order valence-electron chi connectivity index (χ2n) is 7.93.